The van der Waals surface area contributed by atoms with Gasteiger partial charge in [-0.25, -0.2) is 14.4 Å². The second kappa shape index (κ2) is 48.7. The van der Waals surface area contributed by atoms with E-state index in [0.29, 0.717) is 104 Å². The predicted molar refractivity (Wildman–Crippen MR) is 350 cm³/mol. The van der Waals surface area contributed by atoms with Crippen molar-refractivity contribution in [3.8, 4) is 0 Å². The maximum atomic E-state index is 14.0. The number of anilines is 1. The second-order valence-electron chi connectivity index (χ2n) is 22.5. The number of carboxylic acid groups (broad SMARTS) is 3. The van der Waals surface area contributed by atoms with E-state index in [2.05, 4.69) is 37.2 Å². The summed E-state index contributed by atoms with van der Waals surface area (Å²) in [5.41, 5.74) is 3.16. The molecule has 11 N–H and O–H groups in total. The van der Waals surface area contributed by atoms with Crippen LogP contribution in [0.1, 0.15) is 107 Å². The summed E-state index contributed by atoms with van der Waals surface area (Å²) in [5.74, 6) is -6.76. The lowest BCUT2D eigenvalue weighted by molar-refractivity contribution is -0.152. The van der Waals surface area contributed by atoms with Crippen LogP contribution < -0.4 is 42.5 Å². The molecule has 1 fully saturated rings. The van der Waals surface area contributed by atoms with Crippen LogP contribution in [0.4, 0.5) is 10.5 Å². The molecule has 534 valence electrons. The van der Waals surface area contributed by atoms with Gasteiger partial charge in [-0.05, 0) is 60.9 Å². The molecule has 3 aromatic rings. The first-order valence-corrected chi connectivity index (χ1v) is 32.8. The van der Waals surface area contributed by atoms with Gasteiger partial charge in [-0.3, -0.25) is 48.1 Å². The van der Waals surface area contributed by atoms with E-state index in [1.54, 1.807) is 12.1 Å². The number of β-lactam (4-membered cyclic amide) rings is 1. The fourth-order valence-electron chi connectivity index (χ4n) is 9.41. The zero-order valence-electron chi connectivity index (χ0n) is 54.9. The lowest BCUT2D eigenvalue weighted by Gasteiger charge is -2.28. The number of carbonyl (C=O) groups is 12. The van der Waals surface area contributed by atoms with E-state index in [4.69, 9.17) is 33.5 Å². The molecule has 0 saturated carbocycles. The summed E-state index contributed by atoms with van der Waals surface area (Å²) in [6.07, 6.45) is 3.63. The van der Waals surface area contributed by atoms with E-state index in [-0.39, 0.29) is 127 Å². The highest BCUT2D eigenvalue weighted by molar-refractivity contribution is 5.99. The molecule has 0 radical (unpaired) electrons. The van der Waals surface area contributed by atoms with Crippen molar-refractivity contribution in [2.24, 2.45) is 0 Å². The number of aryl methyl sites for hydroxylation is 1. The Balaban J connectivity index is 0.997. The van der Waals surface area contributed by atoms with Crippen LogP contribution in [0.2, 0.25) is 0 Å². The molecule has 0 unspecified atom stereocenters. The van der Waals surface area contributed by atoms with Crippen molar-refractivity contribution in [3.63, 3.8) is 0 Å². The smallest absolute Gasteiger partial charge is 0.326 e. The van der Waals surface area contributed by atoms with Gasteiger partial charge in [0.1, 0.15) is 24.2 Å². The van der Waals surface area contributed by atoms with E-state index < -0.39 is 78.7 Å². The molecule has 4 rings (SSSR count). The molecule has 1 saturated heterocycles. The van der Waals surface area contributed by atoms with E-state index in [1.807, 2.05) is 78.1 Å². The third-order valence-electron chi connectivity index (χ3n) is 14.8. The zero-order valence-corrected chi connectivity index (χ0v) is 54.9. The molecule has 97 heavy (non-hydrogen) atoms. The zero-order chi connectivity index (χ0) is 70.3. The van der Waals surface area contributed by atoms with Gasteiger partial charge in [0.05, 0.1) is 85.7 Å². The van der Waals surface area contributed by atoms with Crippen molar-refractivity contribution < 1.29 is 101 Å². The minimum Gasteiger partial charge on any atom is -0.481 e. The van der Waals surface area contributed by atoms with Crippen LogP contribution in [-0.4, -0.2) is 221 Å². The summed E-state index contributed by atoms with van der Waals surface area (Å²) in [6.45, 7) is 4.56. The van der Waals surface area contributed by atoms with Gasteiger partial charge in [-0.2, -0.15) is 0 Å². The molecule has 1 aliphatic heterocycles. The number of urea groups is 1. The molecule has 1 heterocycles. The van der Waals surface area contributed by atoms with Gasteiger partial charge in [-0.1, -0.05) is 92.1 Å². The third-order valence-corrected chi connectivity index (χ3v) is 14.8. The highest BCUT2D eigenvalue weighted by Crippen LogP contribution is 2.16. The minimum absolute atomic E-state index is 0.113. The van der Waals surface area contributed by atoms with Crippen molar-refractivity contribution in [2.75, 3.05) is 111 Å². The Labute approximate surface area is 564 Å². The molecule has 30 heteroatoms. The number of carbonyl (C=O) groups excluding carboxylic acids is 9. The van der Waals surface area contributed by atoms with E-state index in [0.717, 1.165) is 23.1 Å². The summed E-state index contributed by atoms with van der Waals surface area (Å²) < 4.78 is 33.2. The van der Waals surface area contributed by atoms with Gasteiger partial charge in [-0.15, -0.1) is 0 Å². The van der Waals surface area contributed by atoms with Gasteiger partial charge >= 0.3 is 23.9 Å². The van der Waals surface area contributed by atoms with Gasteiger partial charge in [0, 0.05) is 83.2 Å². The summed E-state index contributed by atoms with van der Waals surface area (Å²) in [5, 5.41) is 48.5. The van der Waals surface area contributed by atoms with Gasteiger partial charge in [0.2, 0.25) is 47.3 Å². The molecule has 30 nitrogen and oxygen atoms in total. The topological polar surface area (TPSA) is 420 Å². The van der Waals surface area contributed by atoms with Crippen LogP contribution in [-0.2, 0) is 100 Å². The number of rotatable bonds is 54. The Morgan fingerprint density at radius 1 is 0.412 bits per heavy atom. The van der Waals surface area contributed by atoms with Crippen molar-refractivity contribution in [3.05, 3.63) is 102 Å². The van der Waals surface area contributed by atoms with Crippen LogP contribution in [0.3, 0.4) is 0 Å². The molecule has 4 atom stereocenters. The first-order chi connectivity index (χ1) is 46.9. The van der Waals surface area contributed by atoms with Crippen molar-refractivity contribution in [2.45, 2.75) is 133 Å². The van der Waals surface area contributed by atoms with E-state index in [9.17, 15) is 67.7 Å². The number of amides is 10. The number of benzene rings is 3. The monoisotopic (exact) mass is 1360 g/mol. The molecule has 0 spiro atoms. The average molecular weight is 1360 g/mol. The Kier molecular flexibility index (Phi) is 40.4. The number of nitrogens with zero attached hydrogens (tertiary/aromatic N) is 1. The number of imide groups is 1. The standard InChI is InChI=1S/C67H95N9O21/c77-56(24-22-52(65(87)88)74-67(91)75-53(66(89)90)23-26-62(83)84)68-30-11-3-1-2-10-16-58(79)72-55(47-50-14-8-5-9-15-50)64(86)73-54(46-49-12-6-4-7-13-49)63(85)70-32-37-94-36-31-69-57(78)28-34-92-38-40-95-42-44-97-45-43-96-41-39-93-35-29-59(80)71-51-20-17-48(18-21-51)19-25-60(81)76-33-27-61(76)82/h4-9,12-15,17-18,20-21,52-55H,1-3,10-11,16,19,22-47H2,(H,68,77)(H,69,78)(H,70,85)(H,71,80)(H,72,79)(H,73,86)(H,83,84)(H,87,88)(H,89,90)(H2,74,75,91)/t52-,53-,54-,55-/m0/s1. The molecule has 0 aliphatic carbocycles. The maximum absolute atomic E-state index is 14.0. The van der Waals surface area contributed by atoms with Crippen LogP contribution in [0.5, 0.6) is 0 Å². The summed E-state index contributed by atoms with van der Waals surface area (Å²) >= 11 is 0. The highest BCUT2D eigenvalue weighted by atomic mass is 16.6. The lowest BCUT2D eigenvalue weighted by atomic mass is 10.0. The number of unbranched alkanes of at least 4 members (excludes halogenated alkanes) is 4. The molecule has 0 aromatic heterocycles. The highest BCUT2D eigenvalue weighted by Gasteiger charge is 2.30. The summed E-state index contributed by atoms with van der Waals surface area (Å²) in [6, 6.07) is 19.3. The number of nitrogens with one attached hydrogen (secondary N) is 8. The number of aliphatic carboxylic acids is 3. The number of carboxylic acids is 3. The number of ether oxygens (including phenoxy) is 6. The number of hydrogen-bond acceptors (Lipinski definition) is 18. The normalized spacial score (nSPS) is 12.9. The van der Waals surface area contributed by atoms with E-state index >= 15 is 0 Å². The van der Waals surface area contributed by atoms with Crippen molar-refractivity contribution in [1.29, 1.82) is 0 Å². The number of likely N-dealkylation sites (tertiary alicyclic amines) is 1. The van der Waals surface area contributed by atoms with Crippen molar-refractivity contribution in [1.82, 2.24) is 42.1 Å². The summed E-state index contributed by atoms with van der Waals surface area (Å²) in [4.78, 5) is 149. The SMILES string of the molecule is O=C(O)CC[C@H](NC(=O)N[C@@H](CCC(=O)NCCCCCCCC(=O)N[C@@H](Cc1ccccc1)C(=O)N[C@@H](Cc1ccccc1)C(=O)NCCOCCNC(=O)CCOCCOCCOCCOCCOCCC(=O)Nc1ccc(CCC(=O)N2CCC2=O)cc1)C(=O)O)C(=O)O. The van der Waals surface area contributed by atoms with Crippen LogP contribution in [0.25, 0.3) is 0 Å². The predicted octanol–water partition coefficient (Wildman–Crippen LogP) is 2.19. The number of hydrogen-bond donors (Lipinski definition) is 11. The molecule has 0 bridgehead atoms. The molecule has 10 amide bonds. The van der Waals surface area contributed by atoms with Gasteiger partial charge < -0.3 is 86.3 Å². The summed E-state index contributed by atoms with van der Waals surface area (Å²) in [7, 11) is 0. The van der Waals surface area contributed by atoms with E-state index in [1.165, 1.54) is 4.90 Å². The largest absolute Gasteiger partial charge is 0.481 e. The minimum atomic E-state index is -1.57. The fraction of sp³-hybridized carbons (Fsp3) is 0.552. The molecular weight excluding hydrogens is 1270 g/mol. The van der Waals surface area contributed by atoms with Crippen molar-refractivity contribution >= 4 is 76.9 Å². The third kappa shape index (κ3) is 37.2. The van der Waals surface area contributed by atoms with Gasteiger partial charge in [0.15, 0.2) is 0 Å². The first kappa shape index (κ1) is 80.5. The van der Waals surface area contributed by atoms with Crippen LogP contribution in [0.15, 0.2) is 84.9 Å². The average Bonchev–Trinajstić information content (AvgIpc) is 1.09. The Bertz CT molecular complexity index is 2910. The van der Waals surface area contributed by atoms with Crippen LogP contribution >= 0.6 is 0 Å². The maximum Gasteiger partial charge on any atom is 0.326 e. The molecule has 1 aliphatic rings. The fourth-order valence-corrected chi connectivity index (χ4v) is 9.41. The first-order valence-electron chi connectivity index (χ1n) is 32.8. The Morgan fingerprint density at radius 3 is 1.41 bits per heavy atom. The molecule has 3 aromatic carbocycles. The second-order valence-corrected chi connectivity index (χ2v) is 22.5. The van der Waals surface area contributed by atoms with Gasteiger partial charge in [0.25, 0.3) is 0 Å². The Hall–Kier alpha value is -8.94. The molecular formula is C67H95N9O21. The van der Waals surface area contributed by atoms with Crippen LogP contribution in [0, 0.1) is 0 Å². The quantitative estimate of drug-likeness (QED) is 0.0285. The lowest BCUT2D eigenvalue weighted by Crippen LogP contribution is -2.55. The Morgan fingerprint density at radius 2 is 0.887 bits per heavy atom.